The molecule has 0 atom stereocenters. The van der Waals surface area contributed by atoms with Crippen LogP contribution in [0.3, 0.4) is 0 Å². The van der Waals surface area contributed by atoms with Gasteiger partial charge in [-0.1, -0.05) is 13.8 Å². The van der Waals surface area contributed by atoms with Crippen molar-refractivity contribution < 1.29 is 9.18 Å². The van der Waals surface area contributed by atoms with Gasteiger partial charge in [0.05, 0.1) is 5.75 Å². The number of piperazine rings is 1. The van der Waals surface area contributed by atoms with E-state index in [2.05, 4.69) is 46.7 Å². The van der Waals surface area contributed by atoms with Crippen LogP contribution in [0.5, 0.6) is 0 Å². The minimum absolute atomic E-state index is 0.250. The first-order chi connectivity index (χ1) is 14.0. The van der Waals surface area contributed by atoms with Crippen LogP contribution in [-0.2, 0) is 11.2 Å². The van der Waals surface area contributed by atoms with Gasteiger partial charge in [0.15, 0.2) is 0 Å². The van der Waals surface area contributed by atoms with Gasteiger partial charge in [-0.15, -0.1) is 11.8 Å². The number of likely N-dealkylation sites (N-methyl/N-ethyl adjacent to an activating group) is 1. The van der Waals surface area contributed by atoms with Crippen molar-refractivity contribution in [2.24, 2.45) is 5.92 Å². The van der Waals surface area contributed by atoms with Gasteiger partial charge in [-0.05, 0) is 50.1 Å². The molecular formula is C22H31FN4OS. The Labute approximate surface area is 177 Å². The topological polar surface area (TPSA) is 49.3 Å². The van der Waals surface area contributed by atoms with Gasteiger partial charge < -0.3 is 14.6 Å². The molecule has 0 radical (unpaired) electrons. The highest BCUT2D eigenvalue weighted by Crippen LogP contribution is 2.17. The van der Waals surface area contributed by atoms with E-state index in [1.54, 1.807) is 18.5 Å². The summed E-state index contributed by atoms with van der Waals surface area (Å²) < 4.78 is 12.3. The lowest BCUT2D eigenvalue weighted by molar-refractivity contribution is -0.105. The van der Waals surface area contributed by atoms with Crippen molar-refractivity contribution in [2.75, 3.05) is 43.9 Å². The summed E-state index contributed by atoms with van der Waals surface area (Å²) in [6.45, 7) is 8.87. The number of aromatic nitrogens is 2. The molecule has 0 spiro atoms. The average Bonchev–Trinajstić information content (AvgIpc) is 2.73. The maximum atomic E-state index is 12.3. The number of hydrogen-bond donors (Lipinski definition) is 0. The number of hydrogen-bond acceptors (Lipinski definition) is 6. The maximum absolute atomic E-state index is 12.3. The summed E-state index contributed by atoms with van der Waals surface area (Å²) in [6, 6.07) is 8.24. The molecule has 0 unspecified atom stereocenters. The molecule has 7 heteroatoms. The van der Waals surface area contributed by atoms with Gasteiger partial charge in [0.2, 0.25) is 0 Å². The van der Waals surface area contributed by atoms with E-state index in [-0.39, 0.29) is 5.82 Å². The number of carbonyl (C=O) groups excluding carboxylic acids is 1. The lowest BCUT2D eigenvalue weighted by atomic mass is 10.1. The molecule has 0 bridgehead atoms. The van der Waals surface area contributed by atoms with Crippen LogP contribution in [-0.4, -0.2) is 60.1 Å². The van der Waals surface area contributed by atoms with Gasteiger partial charge >= 0.3 is 0 Å². The molecule has 1 aromatic carbocycles. The minimum atomic E-state index is -0.250. The number of rotatable bonds is 7. The van der Waals surface area contributed by atoms with Crippen LogP contribution in [0, 0.1) is 11.7 Å². The summed E-state index contributed by atoms with van der Waals surface area (Å²) in [6.07, 6.45) is 4.79. The number of aryl methyl sites for hydroxylation is 1. The molecule has 2 aromatic rings. The molecule has 158 valence electrons. The molecule has 5 nitrogen and oxygen atoms in total. The lowest BCUT2D eigenvalue weighted by Crippen LogP contribution is -2.44. The maximum Gasteiger partial charge on any atom is 0.132 e. The molecular weight excluding hydrogens is 387 g/mol. The van der Waals surface area contributed by atoms with Crippen molar-refractivity contribution in [1.82, 2.24) is 14.9 Å². The van der Waals surface area contributed by atoms with Crippen LogP contribution in [0.4, 0.5) is 10.2 Å². The molecule has 2 heterocycles. The standard InChI is InChI=1S/C14H24N4.C8H7FOS/c1-12(2)4-5-13-10-14(16-11-15-13)18-8-6-17(3)7-9-18;9-7-1-3-8(4-2-7)11-6-5-10/h10-12H,4-9H2,1-3H3;1-5H,6H2. The highest BCUT2D eigenvalue weighted by molar-refractivity contribution is 7.99. The Bertz CT molecular complexity index is 734. The average molecular weight is 419 g/mol. The lowest BCUT2D eigenvalue weighted by Gasteiger charge is -2.33. The van der Waals surface area contributed by atoms with Crippen LogP contribution >= 0.6 is 11.8 Å². The number of carbonyl (C=O) groups is 1. The fourth-order valence-corrected chi connectivity index (χ4v) is 3.42. The summed E-state index contributed by atoms with van der Waals surface area (Å²) in [5, 5.41) is 0. The van der Waals surface area contributed by atoms with Gasteiger partial charge in [0.1, 0.15) is 24.2 Å². The third-order valence-corrected chi connectivity index (χ3v) is 5.55. The van der Waals surface area contributed by atoms with Gasteiger partial charge in [-0.2, -0.15) is 0 Å². The highest BCUT2D eigenvalue weighted by atomic mass is 32.2. The summed E-state index contributed by atoms with van der Waals surface area (Å²) in [5.41, 5.74) is 1.17. The van der Waals surface area contributed by atoms with E-state index < -0.39 is 0 Å². The van der Waals surface area contributed by atoms with Gasteiger partial charge in [0.25, 0.3) is 0 Å². The van der Waals surface area contributed by atoms with E-state index in [0.717, 1.165) is 55.5 Å². The third kappa shape index (κ3) is 8.92. The largest absolute Gasteiger partial charge is 0.354 e. The molecule has 1 aromatic heterocycles. The zero-order valence-electron chi connectivity index (χ0n) is 17.6. The van der Waals surface area contributed by atoms with Crippen LogP contribution in [0.1, 0.15) is 26.0 Å². The molecule has 0 saturated carbocycles. The molecule has 1 saturated heterocycles. The summed E-state index contributed by atoms with van der Waals surface area (Å²) in [5.74, 6) is 2.00. The second-order valence-electron chi connectivity index (χ2n) is 7.52. The van der Waals surface area contributed by atoms with Crippen molar-refractivity contribution in [2.45, 2.75) is 31.6 Å². The van der Waals surface area contributed by atoms with Crippen molar-refractivity contribution in [3.05, 3.63) is 48.2 Å². The van der Waals surface area contributed by atoms with Crippen molar-refractivity contribution >= 4 is 23.9 Å². The third-order valence-electron chi connectivity index (χ3n) is 4.65. The van der Waals surface area contributed by atoms with E-state index >= 15 is 0 Å². The van der Waals surface area contributed by atoms with Crippen LogP contribution < -0.4 is 4.90 Å². The fourth-order valence-electron chi connectivity index (χ4n) is 2.83. The number of thioether (sulfide) groups is 1. The highest BCUT2D eigenvalue weighted by Gasteiger charge is 2.15. The zero-order valence-corrected chi connectivity index (χ0v) is 18.4. The Balaban J connectivity index is 0.000000234. The molecule has 1 fully saturated rings. The van der Waals surface area contributed by atoms with Gasteiger partial charge in [0, 0.05) is 42.8 Å². The number of nitrogens with zero attached hydrogens (tertiary/aromatic N) is 4. The van der Waals surface area contributed by atoms with Gasteiger partial charge in [-0.25, -0.2) is 14.4 Å². The first-order valence-corrected chi connectivity index (χ1v) is 11.0. The number of benzene rings is 1. The second kappa shape index (κ2) is 12.5. The summed E-state index contributed by atoms with van der Waals surface area (Å²) in [4.78, 5) is 24.4. The monoisotopic (exact) mass is 418 g/mol. The molecule has 0 amide bonds. The first kappa shape index (κ1) is 23.3. The number of aldehydes is 1. The predicted molar refractivity (Wildman–Crippen MR) is 118 cm³/mol. The molecule has 3 rings (SSSR count). The zero-order chi connectivity index (χ0) is 21.1. The Hall–Kier alpha value is -1.99. The Kier molecular flexibility index (Phi) is 10.1. The summed E-state index contributed by atoms with van der Waals surface area (Å²) >= 11 is 1.39. The van der Waals surface area contributed by atoms with E-state index in [9.17, 15) is 9.18 Å². The van der Waals surface area contributed by atoms with Crippen LogP contribution in [0.15, 0.2) is 41.6 Å². The predicted octanol–water partition coefficient (Wildman–Crippen LogP) is 3.93. The molecule has 1 aliphatic rings. The summed E-state index contributed by atoms with van der Waals surface area (Å²) in [7, 11) is 2.17. The Morgan fingerprint density at radius 1 is 1.14 bits per heavy atom. The van der Waals surface area contributed by atoms with Gasteiger partial charge in [-0.3, -0.25) is 0 Å². The quantitative estimate of drug-likeness (QED) is 0.502. The smallest absolute Gasteiger partial charge is 0.132 e. The fraction of sp³-hybridized carbons (Fsp3) is 0.500. The van der Waals surface area contributed by atoms with Crippen LogP contribution in [0.2, 0.25) is 0 Å². The first-order valence-electron chi connectivity index (χ1n) is 10.0. The molecule has 1 aliphatic heterocycles. The SMILES string of the molecule is CC(C)CCc1cc(N2CCN(C)CC2)ncn1.O=CCSc1ccc(F)cc1. The van der Waals surface area contributed by atoms with Crippen molar-refractivity contribution in [3.8, 4) is 0 Å². The normalized spacial score (nSPS) is 14.4. The molecule has 0 aliphatic carbocycles. The number of anilines is 1. The molecule has 0 N–H and O–H groups in total. The Morgan fingerprint density at radius 2 is 1.83 bits per heavy atom. The number of halogens is 1. The van der Waals surface area contributed by atoms with Crippen molar-refractivity contribution in [3.63, 3.8) is 0 Å². The van der Waals surface area contributed by atoms with E-state index in [4.69, 9.17) is 0 Å². The minimum Gasteiger partial charge on any atom is -0.354 e. The Morgan fingerprint density at radius 3 is 2.45 bits per heavy atom. The van der Waals surface area contributed by atoms with E-state index in [1.807, 2.05) is 0 Å². The second-order valence-corrected chi connectivity index (χ2v) is 8.62. The van der Waals surface area contributed by atoms with Crippen LogP contribution in [0.25, 0.3) is 0 Å². The van der Waals surface area contributed by atoms with E-state index in [0.29, 0.717) is 5.75 Å². The van der Waals surface area contributed by atoms with Crippen molar-refractivity contribution in [1.29, 1.82) is 0 Å². The molecule has 29 heavy (non-hydrogen) atoms. The van der Waals surface area contributed by atoms with E-state index in [1.165, 1.54) is 36.0 Å².